The lowest BCUT2D eigenvalue weighted by Crippen LogP contribution is -2.17. The quantitative estimate of drug-likeness (QED) is 0.555. The Balaban J connectivity index is 3.05. The topological polar surface area (TPSA) is 149 Å². The summed E-state index contributed by atoms with van der Waals surface area (Å²) in [4.78, 5) is 43.5. The van der Waals surface area contributed by atoms with E-state index in [4.69, 9.17) is 20.4 Å². The van der Waals surface area contributed by atoms with Crippen LogP contribution in [0.1, 0.15) is 35.8 Å². The van der Waals surface area contributed by atoms with Gasteiger partial charge in [0.1, 0.15) is 0 Å². The number of hydrogen-bond acceptors (Lipinski definition) is 4. The molecule has 0 saturated carbocycles. The zero-order valence-electron chi connectivity index (χ0n) is 11.3. The molecule has 0 amide bonds. The summed E-state index contributed by atoms with van der Waals surface area (Å²) in [7, 11) is 0. The van der Waals surface area contributed by atoms with Crippen LogP contribution in [0.25, 0.3) is 0 Å². The lowest BCUT2D eigenvalue weighted by Gasteiger charge is -2.14. The van der Waals surface area contributed by atoms with E-state index in [1.165, 1.54) is 24.3 Å². The molecule has 8 heteroatoms. The Bertz CT molecular complexity index is 536. The number of aliphatic carboxylic acids is 4. The van der Waals surface area contributed by atoms with Gasteiger partial charge in [0.15, 0.2) is 0 Å². The van der Waals surface area contributed by atoms with E-state index < -0.39 is 48.6 Å². The first-order valence-electron chi connectivity index (χ1n) is 6.21. The van der Waals surface area contributed by atoms with Gasteiger partial charge in [-0.15, -0.1) is 0 Å². The highest BCUT2D eigenvalue weighted by molar-refractivity contribution is 5.83. The Morgan fingerprint density at radius 1 is 0.682 bits per heavy atom. The van der Waals surface area contributed by atoms with E-state index in [0.717, 1.165) is 0 Å². The minimum absolute atomic E-state index is 0.207. The second kappa shape index (κ2) is 7.21. The largest absolute Gasteiger partial charge is 0.481 e. The molecule has 0 aliphatic heterocycles. The van der Waals surface area contributed by atoms with Crippen molar-refractivity contribution in [3.8, 4) is 0 Å². The Labute approximate surface area is 124 Å². The summed E-state index contributed by atoms with van der Waals surface area (Å²) in [5.74, 6) is -7.67. The van der Waals surface area contributed by atoms with Gasteiger partial charge >= 0.3 is 23.9 Å². The molecule has 0 heterocycles. The van der Waals surface area contributed by atoms with Gasteiger partial charge in [-0.1, -0.05) is 24.3 Å². The molecule has 0 saturated heterocycles. The lowest BCUT2D eigenvalue weighted by atomic mass is 9.91. The molecule has 0 spiro atoms. The highest BCUT2D eigenvalue weighted by Gasteiger charge is 2.26. The van der Waals surface area contributed by atoms with Gasteiger partial charge in [0.25, 0.3) is 0 Å². The Hall–Kier alpha value is -2.90. The summed E-state index contributed by atoms with van der Waals surface area (Å²) in [5.41, 5.74) is 0.413. The van der Waals surface area contributed by atoms with Crippen molar-refractivity contribution < 1.29 is 39.6 Å². The minimum atomic E-state index is -1.31. The van der Waals surface area contributed by atoms with Gasteiger partial charge in [-0.2, -0.15) is 0 Å². The molecule has 0 fully saturated rings. The van der Waals surface area contributed by atoms with Gasteiger partial charge in [0.05, 0.1) is 24.7 Å². The molecule has 22 heavy (non-hydrogen) atoms. The van der Waals surface area contributed by atoms with Crippen molar-refractivity contribution in [3.63, 3.8) is 0 Å². The molecule has 4 N–H and O–H groups in total. The maximum absolute atomic E-state index is 11.1. The van der Waals surface area contributed by atoms with Gasteiger partial charge in [-0.25, -0.2) is 0 Å². The maximum Gasteiger partial charge on any atom is 0.311 e. The lowest BCUT2D eigenvalue weighted by molar-refractivity contribution is -0.145. The number of benzene rings is 1. The second-order valence-corrected chi connectivity index (χ2v) is 4.64. The van der Waals surface area contributed by atoms with Crippen LogP contribution in [0.5, 0.6) is 0 Å². The van der Waals surface area contributed by atoms with Crippen molar-refractivity contribution in [2.24, 2.45) is 0 Å². The van der Waals surface area contributed by atoms with Crippen molar-refractivity contribution >= 4 is 23.9 Å². The zero-order chi connectivity index (χ0) is 16.9. The summed E-state index contributed by atoms with van der Waals surface area (Å²) in [5, 5.41) is 35.5. The van der Waals surface area contributed by atoms with Crippen LogP contribution in [0.2, 0.25) is 0 Å². The third kappa shape index (κ3) is 4.58. The molecule has 0 aromatic heterocycles. The number of carbonyl (C=O) groups is 4. The molecule has 0 bridgehead atoms. The highest BCUT2D eigenvalue weighted by atomic mass is 16.4. The van der Waals surface area contributed by atoms with E-state index in [1.54, 1.807) is 0 Å². The first kappa shape index (κ1) is 17.2. The van der Waals surface area contributed by atoms with Crippen molar-refractivity contribution in [3.05, 3.63) is 35.4 Å². The van der Waals surface area contributed by atoms with Gasteiger partial charge in [0, 0.05) is 0 Å². The van der Waals surface area contributed by atoms with Crippen LogP contribution in [-0.2, 0) is 19.2 Å². The van der Waals surface area contributed by atoms with E-state index in [1.807, 2.05) is 0 Å². The van der Waals surface area contributed by atoms with E-state index in [-0.39, 0.29) is 11.1 Å². The number of hydrogen-bond donors (Lipinski definition) is 4. The fourth-order valence-electron chi connectivity index (χ4n) is 2.01. The van der Waals surface area contributed by atoms with E-state index in [9.17, 15) is 19.2 Å². The fraction of sp³-hybridized carbons (Fsp3) is 0.286. The fourth-order valence-corrected chi connectivity index (χ4v) is 2.01. The van der Waals surface area contributed by atoms with Gasteiger partial charge in [-0.05, 0) is 11.1 Å². The van der Waals surface area contributed by atoms with E-state index in [2.05, 4.69) is 0 Å². The van der Waals surface area contributed by atoms with Gasteiger partial charge < -0.3 is 20.4 Å². The number of rotatable bonds is 8. The Kier molecular flexibility index (Phi) is 5.62. The summed E-state index contributed by atoms with van der Waals surface area (Å²) in [6, 6.07) is 5.20. The van der Waals surface area contributed by atoms with E-state index in [0.29, 0.717) is 0 Å². The molecule has 0 aliphatic carbocycles. The number of carboxylic acids is 4. The van der Waals surface area contributed by atoms with E-state index >= 15 is 0 Å². The monoisotopic (exact) mass is 310 g/mol. The molecule has 1 aromatic carbocycles. The summed E-state index contributed by atoms with van der Waals surface area (Å²) in [6.07, 6.45) is -1.21. The first-order valence-corrected chi connectivity index (χ1v) is 6.21. The van der Waals surface area contributed by atoms with Crippen LogP contribution in [0.15, 0.2) is 24.3 Å². The predicted octanol–water partition coefficient (Wildman–Crippen LogP) is 0.972. The average Bonchev–Trinajstić information content (AvgIpc) is 2.41. The third-order valence-corrected chi connectivity index (χ3v) is 3.09. The van der Waals surface area contributed by atoms with Gasteiger partial charge in [0.2, 0.25) is 0 Å². The summed E-state index contributed by atoms with van der Waals surface area (Å²) >= 11 is 0. The molecular weight excluding hydrogens is 296 g/mol. The van der Waals surface area contributed by atoms with Crippen molar-refractivity contribution in [1.82, 2.24) is 0 Å². The maximum atomic E-state index is 11.1. The molecule has 1 rings (SSSR count). The molecule has 2 atom stereocenters. The molecule has 2 unspecified atom stereocenters. The summed E-state index contributed by atoms with van der Waals surface area (Å²) < 4.78 is 0. The van der Waals surface area contributed by atoms with Crippen LogP contribution in [-0.4, -0.2) is 44.3 Å². The molecule has 118 valence electrons. The normalized spacial score (nSPS) is 13.1. The second-order valence-electron chi connectivity index (χ2n) is 4.64. The van der Waals surface area contributed by atoms with Crippen LogP contribution < -0.4 is 0 Å². The third-order valence-electron chi connectivity index (χ3n) is 3.09. The molecule has 0 radical (unpaired) electrons. The molecular formula is C14H14O8. The van der Waals surface area contributed by atoms with Crippen molar-refractivity contribution in [2.75, 3.05) is 0 Å². The predicted molar refractivity (Wildman–Crippen MR) is 71.7 cm³/mol. The SMILES string of the molecule is O=C(O)CC(C(=O)O)c1ccc(C(CC(=O)O)C(=O)O)cc1. The first-order chi connectivity index (χ1) is 10.2. The standard InChI is InChI=1S/C14H14O8/c15-11(16)5-9(13(19)20)7-1-2-8(4-3-7)10(14(21)22)6-12(17)18/h1-4,9-10H,5-6H2,(H,15,16)(H,17,18)(H,19,20)(H,21,22). The highest BCUT2D eigenvalue weighted by Crippen LogP contribution is 2.25. The van der Waals surface area contributed by atoms with Crippen LogP contribution >= 0.6 is 0 Å². The molecule has 0 aliphatic rings. The minimum Gasteiger partial charge on any atom is -0.481 e. The number of carboxylic acid groups (broad SMARTS) is 4. The van der Waals surface area contributed by atoms with Gasteiger partial charge in [-0.3, -0.25) is 19.2 Å². The van der Waals surface area contributed by atoms with Crippen LogP contribution in [0, 0.1) is 0 Å². The molecule has 1 aromatic rings. The Morgan fingerprint density at radius 2 is 0.955 bits per heavy atom. The van der Waals surface area contributed by atoms with Crippen LogP contribution in [0.3, 0.4) is 0 Å². The van der Waals surface area contributed by atoms with Crippen molar-refractivity contribution in [2.45, 2.75) is 24.7 Å². The zero-order valence-corrected chi connectivity index (χ0v) is 11.3. The summed E-state index contributed by atoms with van der Waals surface area (Å²) in [6.45, 7) is 0. The average molecular weight is 310 g/mol. The smallest absolute Gasteiger partial charge is 0.311 e. The molecule has 8 nitrogen and oxygen atoms in total. The Morgan fingerprint density at radius 3 is 1.14 bits per heavy atom. The van der Waals surface area contributed by atoms with Crippen molar-refractivity contribution in [1.29, 1.82) is 0 Å². The van der Waals surface area contributed by atoms with Crippen LogP contribution in [0.4, 0.5) is 0 Å².